The van der Waals surface area contributed by atoms with Gasteiger partial charge >= 0.3 is 0 Å². The molecule has 2 rings (SSSR count). The Morgan fingerprint density at radius 1 is 1.22 bits per heavy atom. The van der Waals surface area contributed by atoms with E-state index in [1.54, 1.807) is 6.07 Å². The van der Waals surface area contributed by atoms with E-state index in [4.69, 9.17) is 11.6 Å². The topological polar surface area (TPSA) is 51.1 Å². The molecule has 4 nitrogen and oxygen atoms in total. The molecule has 1 N–H and O–H groups in total. The van der Waals surface area contributed by atoms with Gasteiger partial charge in [0.15, 0.2) is 5.82 Å². The van der Waals surface area contributed by atoms with Crippen molar-refractivity contribution < 1.29 is 9.18 Å². The number of carbonyl (C=O) groups is 1. The number of pyridine rings is 1. The van der Waals surface area contributed by atoms with Gasteiger partial charge in [0.05, 0.1) is 10.6 Å². The Morgan fingerprint density at radius 3 is 2.72 bits per heavy atom. The van der Waals surface area contributed by atoms with E-state index in [9.17, 15) is 14.0 Å². The van der Waals surface area contributed by atoms with Gasteiger partial charge in [-0.2, -0.15) is 0 Å². The summed E-state index contributed by atoms with van der Waals surface area (Å²) in [5, 5.41) is -0.150. The lowest BCUT2D eigenvalue weighted by molar-refractivity contribution is 0.100. The summed E-state index contributed by atoms with van der Waals surface area (Å²) in [6.07, 6.45) is 1.36. The molecule has 6 heteroatoms. The minimum atomic E-state index is -0.819. The predicted octanol–water partition coefficient (Wildman–Crippen LogP) is 2.02. The number of hydrogen-bond acceptors (Lipinski definition) is 2. The van der Waals surface area contributed by atoms with Crippen molar-refractivity contribution in [3.8, 4) is 0 Å². The van der Waals surface area contributed by atoms with E-state index in [2.05, 4.69) is 5.43 Å². The first-order chi connectivity index (χ1) is 8.59. The SMILES string of the molecule is O=C(Nn1ccccc1=O)c1cccc(Cl)c1F. The Labute approximate surface area is 107 Å². The van der Waals surface area contributed by atoms with Gasteiger partial charge in [0.25, 0.3) is 11.5 Å². The molecular weight excluding hydrogens is 259 g/mol. The zero-order valence-electron chi connectivity index (χ0n) is 9.06. The first kappa shape index (κ1) is 12.3. The van der Waals surface area contributed by atoms with Crippen LogP contribution in [0.1, 0.15) is 10.4 Å². The maximum absolute atomic E-state index is 13.6. The Bertz CT molecular complexity index is 655. The highest BCUT2D eigenvalue weighted by Crippen LogP contribution is 2.17. The van der Waals surface area contributed by atoms with E-state index in [0.29, 0.717) is 0 Å². The molecule has 0 spiro atoms. The van der Waals surface area contributed by atoms with Crippen LogP contribution < -0.4 is 11.0 Å². The van der Waals surface area contributed by atoms with Gasteiger partial charge in [0, 0.05) is 12.3 Å². The lowest BCUT2D eigenvalue weighted by atomic mass is 10.2. The van der Waals surface area contributed by atoms with Crippen molar-refractivity contribution in [2.24, 2.45) is 0 Å². The van der Waals surface area contributed by atoms with E-state index in [-0.39, 0.29) is 10.6 Å². The summed E-state index contributed by atoms with van der Waals surface area (Å²) >= 11 is 5.57. The van der Waals surface area contributed by atoms with Crippen LogP contribution in [0.3, 0.4) is 0 Å². The summed E-state index contributed by atoms with van der Waals surface area (Å²) in [4.78, 5) is 23.1. The largest absolute Gasteiger partial charge is 0.273 e. The van der Waals surface area contributed by atoms with Crippen molar-refractivity contribution in [2.75, 3.05) is 5.43 Å². The molecule has 0 saturated heterocycles. The Morgan fingerprint density at radius 2 is 2.00 bits per heavy atom. The number of halogens is 2. The molecule has 18 heavy (non-hydrogen) atoms. The number of aromatic nitrogens is 1. The van der Waals surface area contributed by atoms with E-state index in [1.807, 2.05) is 0 Å². The number of carbonyl (C=O) groups excluding carboxylic acids is 1. The van der Waals surface area contributed by atoms with Crippen LogP contribution in [-0.4, -0.2) is 10.6 Å². The zero-order chi connectivity index (χ0) is 13.1. The molecule has 0 bridgehead atoms. The molecular formula is C12H8ClFN2O2. The lowest BCUT2D eigenvalue weighted by Gasteiger charge is -2.08. The lowest BCUT2D eigenvalue weighted by Crippen LogP contribution is -2.32. The second kappa shape index (κ2) is 5.01. The Hall–Kier alpha value is -2.14. The van der Waals surface area contributed by atoms with Crippen molar-refractivity contribution in [1.29, 1.82) is 0 Å². The fourth-order valence-electron chi connectivity index (χ4n) is 1.37. The molecule has 92 valence electrons. The highest BCUT2D eigenvalue weighted by atomic mass is 35.5. The number of nitrogens with zero attached hydrogens (tertiary/aromatic N) is 1. The van der Waals surface area contributed by atoms with Crippen molar-refractivity contribution in [3.05, 3.63) is 69.4 Å². The molecule has 2 aromatic rings. The first-order valence-electron chi connectivity index (χ1n) is 5.02. The number of nitrogens with one attached hydrogen (secondary N) is 1. The van der Waals surface area contributed by atoms with Gasteiger partial charge in [0.2, 0.25) is 0 Å². The average molecular weight is 267 g/mol. The quantitative estimate of drug-likeness (QED) is 0.904. The molecule has 0 saturated carbocycles. The summed E-state index contributed by atoms with van der Waals surface area (Å²) < 4.78 is 14.5. The maximum atomic E-state index is 13.6. The molecule has 0 aliphatic carbocycles. The molecule has 1 amide bonds. The van der Waals surface area contributed by atoms with E-state index < -0.39 is 17.3 Å². The molecule has 1 heterocycles. The van der Waals surface area contributed by atoms with Crippen LogP contribution >= 0.6 is 11.6 Å². The van der Waals surface area contributed by atoms with Gasteiger partial charge in [-0.25, -0.2) is 9.07 Å². The summed E-state index contributed by atoms with van der Waals surface area (Å²) in [6, 6.07) is 8.44. The molecule has 1 aromatic carbocycles. The summed E-state index contributed by atoms with van der Waals surface area (Å²) in [5.74, 6) is -1.57. The maximum Gasteiger partial charge on any atom is 0.273 e. The van der Waals surface area contributed by atoms with Gasteiger partial charge in [-0.15, -0.1) is 0 Å². The molecule has 0 aliphatic heterocycles. The fourth-order valence-corrected chi connectivity index (χ4v) is 1.54. The van der Waals surface area contributed by atoms with Crippen LogP contribution in [0.4, 0.5) is 4.39 Å². The second-order valence-corrected chi connectivity index (χ2v) is 3.86. The molecule has 1 aromatic heterocycles. The minimum absolute atomic E-state index is 0.150. The molecule has 0 atom stereocenters. The monoisotopic (exact) mass is 266 g/mol. The van der Waals surface area contributed by atoms with Gasteiger partial charge in [0.1, 0.15) is 0 Å². The zero-order valence-corrected chi connectivity index (χ0v) is 9.82. The molecule has 0 radical (unpaired) electrons. The Kier molecular flexibility index (Phi) is 3.43. The first-order valence-corrected chi connectivity index (χ1v) is 5.40. The number of hydrogen-bond donors (Lipinski definition) is 1. The smallest absolute Gasteiger partial charge is 0.268 e. The van der Waals surface area contributed by atoms with Crippen molar-refractivity contribution in [2.45, 2.75) is 0 Å². The van der Waals surface area contributed by atoms with E-state index in [1.165, 1.54) is 36.5 Å². The third-order valence-corrected chi connectivity index (χ3v) is 2.53. The van der Waals surface area contributed by atoms with Gasteiger partial charge in [-0.05, 0) is 18.2 Å². The van der Waals surface area contributed by atoms with Gasteiger partial charge in [-0.1, -0.05) is 23.7 Å². The third-order valence-electron chi connectivity index (χ3n) is 2.24. The number of rotatable bonds is 2. The van der Waals surface area contributed by atoms with Crippen LogP contribution in [0.15, 0.2) is 47.4 Å². The second-order valence-electron chi connectivity index (χ2n) is 3.45. The van der Waals surface area contributed by atoms with Crippen molar-refractivity contribution in [3.63, 3.8) is 0 Å². The van der Waals surface area contributed by atoms with Crippen molar-refractivity contribution >= 4 is 17.5 Å². The summed E-state index contributed by atoms with van der Waals surface area (Å²) in [6.45, 7) is 0. The molecule has 0 fully saturated rings. The van der Waals surface area contributed by atoms with Crippen LogP contribution in [0.25, 0.3) is 0 Å². The Balaban J connectivity index is 2.31. The van der Waals surface area contributed by atoms with E-state index >= 15 is 0 Å². The van der Waals surface area contributed by atoms with Gasteiger partial charge < -0.3 is 0 Å². The van der Waals surface area contributed by atoms with E-state index in [0.717, 1.165) is 4.68 Å². The third kappa shape index (κ3) is 2.41. The number of benzene rings is 1. The average Bonchev–Trinajstić information content (AvgIpc) is 2.35. The van der Waals surface area contributed by atoms with Gasteiger partial charge in [-0.3, -0.25) is 15.0 Å². The van der Waals surface area contributed by atoms with Crippen LogP contribution in [0.5, 0.6) is 0 Å². The molecule has 0 aliphatic rings. The summed E-state index contributed by atoms with van der Waals surface area (Å²) in [7, 11) is 0. The minimum Gasteiger partial charge on any atom is -0.268 e. The van der Waals surface area contributed by atoms with Crippen LogP contribution in [-0.2, 0) is 0 Å². The molecule has 0 unspecified atom stereocenters. The standard InChI is InChI=1S/C12H8ClFN2O2/c13-9-5-3-4-8(11(9)14)12(18)15-16-7-2-1-6-10(16)17/h1-7H,(H,15,18). The predicted molar refractivity (Wildman–Crippen MR) is 65.8 cm³/mol. The highest BCUT2D eigenvalue weighted by Gasteiger charge is 2.14. The van der Waals surface area contributed by atoms with Crippen LogP contribution in [0.2, 0.25) is 5.02 Å². The van der Waals surface area contributed by atoms with Crippen molar-refractivity contribution in [1.82, 2.24) is 4.68 Å². The highest BCUT2D eigenvalue weighted by molar-refractivity contribution is 6.31. The fraction of sp³-hybridized carbons (Fsp3) is 0. The summed E-state index contributed by atoms with van der Waals surface area (Å²) in [5.41, 5.74) is 1.61. The van der Waals surface area contributed by atoms with Crippen LogP contribution in [0, 0.1) is 5.82 Å². The number of amides is 1. The normalized spacial score (nSPS) is 10.1.